The smallest absolute Gasteiger partial charge is 0.324 e. The lowest BCUT2D eigenvalue weighted by molar-refractivity contribution is -0.137. The minimum absolute atomic E-state index is 0.261. The van der Waals surface area contributed by atoms with Crippen molar-refractivity contribution in [2.24, 2.45) is 0 Å². The molecule has 38 heavy (non-hydrogen) atoms. The van der Waals surface area contributed by atoms with E-state index in [1.807, 2.05) is 42.8 Å². The third-order valence-electron chi connectivity index (χ3n) is 5.29. The Morgan fingerprint density at radius 2 is 1.68 bits per heavy atom. The number of carbonyl (C=O) groups excluding carboxylic acids is 1. The van der Waals surface area contributed by atoms with Crippen LogP contribution in [0.2, 0.25) is 0 Å². The van der Waals surface area contributed by atoms with Gasteiger partial charge in [0.25, 0.3) is 0 Å². The third kappa shape index (κ3) is 6.38. The fourth-order valence-electron chi connectivity index (χ4n) is 3.49. The van der Waals surface area contributed by atoms with Gasteiger partial charge in [0.2, 0.25) is 5.95 Å². The molecule has 196 valence electrons. The number of nitrogens with zero attached hydrogens (tertiary/aromatic N) is 2. The van der Waals surface area contributed by atoms with Crippen molar-refractivity contribution in [2.75, 3.05) is 22.2 Å². The molecule has 0 atom stereocenters. The van der Waals surface area contributed by atoms with Crippen LogP contribution in [0.5, 0.6) is 0 Å². The Hall–Kier alpha value is -4.19. The number of nitrogens with one attached hydrogen (secondary N) is 3. The zero-order valence-corrected chi connectivity index (χ0v) is 20.8. The molecule has 1 heterocycles. The topological polar surface area (TPSA) is 78.9 Å². The number of thioether (sulfide) groups is 1. The first-order chi connectivity index (χ1) is 18.0. The maximum absolute atomic E-state index is 14.8. The Labute approximate surface area is 218 Å². The van der Waals surface area contributed by atoms with Crippen LogP contribution in [0.4, 0.5) is 49.8 Å². The number of aromatic nitrogens is 2. The van der Waals surface area contributed by atoms with E-state index >= 15 is 0 Å². The van der Waals surface area contributed by atoms with E-state index in [1.54, 1.807) is 6.20 Å². The lowest BCUT2D eigenvalue weighted by Gasteiger charge is -2.13. The van der Waals surface area contributed by atoms with Crippen LogP contribution in [0.3, 0.4) is 0 Å². The molecular formula is C26H20F5N5OS. The first kappa shape index (κ1) is 26.9. The molecule has 6 nitrogen and oxygen atoms in total. The molecule has 0 spiro atoms. The molecule has 4 rings (SSSR count). The number of anilines is 4. The summed E-state index contributed by atoms with van der Waals surface area (Å²) in [6.07, 6.45) is -1.37. The van der Waals surface area contributed by atoms with Gasteiger partial charge in [-0.3, -0.25) is 0 Å². The minimum Gasteiger partial charge on any atom is -0.324 e. The van der Waals surface area contributed by atoms with E-state index < -0.39 is 35.1 Å². The van der Waals surface area contributed by atoms with Crippen LogP contribution in [-0.2, 0) is 6.18 Å². The number of hydrogen-bond donors (Lipinski definition) is 3. The molecule has 0 radical (unpaired) electrons. The van der Waals surface area contributed by atoms with E-state index in [-0.39, 0.29) is 5.69 Å². The molecule has 12 heteroatoms. The van der Waals surface area contributed by atoms with Crippen molar-refractivity contribution in [2.45, 2.75) is 18.1 Å². The monoisotopic (exact) mass is 545 g/mol. The Kier molecular flexibility index (Phi) is 7.81. The van der Waals surface area contributed by atoms with Crippen molar-refractivity contribution in [1.29, 1.82) is 0 Å². The quantitative estimate of drug-likeness (QED) is 0.131. The summed E-state index contributed by atoms with van der Waals surface area (Å²) in [4.78, 5) is 21.1. The maximum atomic E-state index is 14.8. The number of carbonyl (C=O) groups is 1. The van der Waals surface area contributed by atoms with Crippen LogP contribution in [0.15, 0.2) is 71.9 Å². The highest BCUT2D eigenvalue weighted by molar-refractivity contribution is 7.98. The molecule has 0 unspecified atom stereocenters. The van der Waals surface area contributed by atoms with Crippen LogP contribution in [0, 0.1) is 18.6 Å². The van der Waals surface area contributed by atoms with Gasteiger partial charge in [0.15, 0.2) is 0 Å². The van der Waals surface area contributed by atoms with E-state index in [4.69, 9.17) is 0 Å². The molecule has 0 aliphatic carbocycles. The Morgan fingerprint density at radius 3 is 2.37 bits per heavy atom. The first-order valence-corrected chi connectivity index (χ1v) is 12.3. The van der Waals surface area contributed by atoms with Crippen LogP contribution >= 0.6 is 11.8 Å². The highest BCUT2D eigenvalue weighted by Gasteiger charge is 2.31. The summed E-state index contributed by atoms with van der Waals surface area (Å²) in [6, 6.07) is 12.1. The fourth-order valence-corrected chi connectivity index (χ4v) is 4.06. The molecule has 0 bridgehead atoms. The molecule has 3 N–H and O–H groups in total. The molecule has 1 aromatic heterocycles. The molecule has 0 aliphatic rings. The van der Waals surface area contributed by atoms with Crippen LogP contribution < -0.4 is 16.0 Å². The molecule has 3 aromatic carbocycles. The second kappa shape index (κ2) is 11.1. The van der Waals surface area contributed by atoms with Gasteiger partial charge in [0, 0.05) is 17.4 Å². The van der Waals surface area contributed by atoms with E-state index in [1.165, 1.54) is 23.9 Å². The second-order valence-electron chi connectivity index (χ2n) is 8.08. The highest BCUT2D eigenvalue weighted by atomic mass is 32.2. The summed E-state index contributed by atoms with van der Waals surface area (Å²) >= 11 is 1.34. The van der Waals surface area contributed by atoms with E-state index in [0.717, 1.165) is 17.3 Å². The summed E-state index contributed by atoms with van der Waals surface area (Å²) in [6.45, 7) is 1.96. The van der Waals surface area contributed by atoms with Crippen LogP contribution in [0.1, 0.15) is 11.1 Å². The van der Waals surface area contributed by atoms with Crippen molar-refractivity contribution in [3.05, 3.63) is 89.6 Å². The van der Waals surface area contributed by atoms with Gasteiger partial charge in [-0.05, 0) is 66.8 Å². The van der Waals surface area contributed by atoms with Gasteiger partial charge < -0.3 is 16.0 Å². The number of amides is 2. The predicted molar refractivity (Wildman–Crippen MR) is 138 cm³/mol. The first-order valence-electron chi connectivity index (χ1n) is 11.0. The number of benzene rings is 3. The molecule has 0 aliphatic heterocycles. The summed E-state index contributed by atoms with van der Waals surface area (Å²) in [7, 11) is 0. The second-order valence-corrected chi connectivity index (χ2v) is 8.87. The lowest BCUT2D eigenvalue weighted by atomic mass is 10.1. The molecule has 0 fully saturated rings. The lowest BCUT2D eigenvalue weighted by Crippen LogP contribution is -2.21. The van der Waals surface area contributed by atoms with Gasteiger partial charge in [0.1, 0.15) is 16.7 Å². The molecule has 4 aromatic rings. The van der Waals surface area contributed by atoms with Gasteiger partial charge in [-0.15, -0.1) is 11.8 Å². The average molecular weight is 546 g/mol. The van der Waals surface area contributed by atoms with E-state index in [0.29, 0.717) is 40.3 Å². The molecule has 0 saturated heterocycles. The molecule has 2 amide bonds. The normalized spacial score (nSPS) is 11.2. The zero-order chi connectivity index (χ0) is 27.4. The maximum Gasteiger partial charge on any atom is 0.416 e. The van der Waals surface area contributed by atoms with Gasteiger partial charge in [-0.25, -0.2) is 23.5 Å². The Morgan fingerprint density at radius 1 is 0.921 bits per heavy atom. The zero-order valence-electron chi connectivity index (χ0n) is 20.0. The van der Waals surface area contributed by atoms with Crippen molar-refractivity contribution < 1.29 is 26.7 Å². The van der Waals surface area contributed by atoms with Gasteiger partial charge in [-0.2, -0.15) is 13.2 Å². The minimum atomic E-state index is -4.73. The number of halogens is 5. The average Bonchev–Trinajstić information content (AvgIpc) is 2.86. The SMILES string of the molecule is CSc1nc(Nc2cccc(C)c2)ncc1-c1ccc(NC(=O)Nc2cc(C(F)(F)F)ccc2F)c(F)c1. The fraction of sp³-hybridized carbons (Fsp3) is 0.115. The summed E-state index contributed by atoms with van der Waals surface area (Å²) < 4.78 is 67.4. The number of hydrogen-bond acceptors (Lipinski definition) is 5. The predicted octanol–water partition coefficient (Wildman–Crippen LogP) is 7.86. The number of aryl methyl sites for hydroxylation is 1. The number of urea groups is 1. The summed E-state index contributed by atoms with van der Waals surface area (Å²) in [5.41, 5.74) is 0.760. The van der Waals surface area contributed by atoms with Crippen molar-refractivity contribution in [1.82, 2.24) is 9.97 Å². The van der Waals surface area contributed by atoms with Crippen molar-refractivity contribution >= 4 is 40.8 Å². The largest absolute Gasteiger partial charge is 0.416 e. The van der Waals surface area contributed by atoms with Crippen LogP contribution in [0.25, 0.3) is 11.1 Å². The standard InChI is InChI=1S/C26H20F5N5OS/c1-14-4-3-5-17(10-14)33-24-32-13-18(23(36-24)38-2)15-6-9-21(20(28)11-15)34-25(37)35-22-12-16(26(29,30)31)7-8-19(22)27/h3-13H,1-2H3,(H,32,33,36)(H2,34,35,37). The Bertz CT molecular complexity index is 1500. The van der Waals surface area contributed by atoms with Gasteiger partial charge in [-0.1, -0.05) is 18.2 Å². The van der Waals surface area contributed by atoms with Crippen molar-refractivity contribution in [3.8, 4) is 11.1 Å². The molecule has 0 saturated carbocycles. The van der Waals surface area contributed by atoms with Crippen molar-refractivity contribution in [3.63, 3.8) is 0 Å². The van der Waals surface area contributed by atoms with Gasteiger partial charge in [0.05, 0.1) is 16.9 Å². The Balaban J connectivity index is 1.50. The van der Waals surface area contributed by atoms with E-state index in [9.17, 15) is 26.7 Å². The number of alkyl halides is 3. The molecular weight excluding hydrogens is 525 g/mol. The third-order valence-corrected chi connectivity index (χ3v) is 5.99. The highest BCUT2D eigenvalue weighted by Crippen LogP contribution is 2.33. The van der Waals surface area contributed by atoms with Crippen LogP contribution in [-0.4, -0.2) is 22.3 Å². The summed E-state index contributed by atoms with van der Waals surface area (Å²) in [5, 5.41) is 7.84. The van der Waals surface area contributed by atoms with Gasteiger partial charge >= 0.3 is 12.2 Å². The van der Waals surface area contributed by atoms with E-state index in [2.05, 4.69) is 20.6 Å². The number of rotatable bonds is 6. The summed E-state index contributed by atoms with van der Waals surface area (Å²) in [5.74, 6) is -1.54.